The second-order valence-electron chi connectivity index (χ2n) is 16.1. The van der Waals surface area contributed by atoms with E-state index >= 15 is 0 Å². The highest BCUT2D eigenvalue weighted by Gasteiger charge is 2.68. The topological polar surface area (TPSA) is 365 Å². The molecule has 32 heteroatoms. The number of H-pyrrole nitrogens is 1. The number of pyridine rings is 1. The fourth-order valence-electron chi connectivity index (χ4n) is 7.36. The van der Waals surface area contributed by atoms with Gasteiger partial charge in [0.05, 0.1) is 49.9 Å². The molecule has 4 atom stereocenters. The number of hydrogen-bond acceptors (Lipinski definition) is 20. The number of nitrogens with two attached hydrogens (primary N) is 2. The van der Waals surface area contributed by atoms with Crippen molar-refractivity contribution in [2.45, 2.75) is 47.0 Å². The number of alkyl halides is 3. The molecule has 77 heavy (non-hydrogen) atoms. The summed E-state index contributed by atoms with van der Waals surface area (Å²) in [5, 5.41) is 51.2. The van der Waals surface area contributed by atoms with Crippen LogP contribution in [0.2, 0.25) is 10.0 Å². The van der Waals surface area contributed by atoms with Crippen LogP contribution in [-0.4, -0.2) is 143 Å². The molecule has 2 unspecified atom stereocenters. The number of ether oxygens (including phenoxy) is 3. The number of imidazole rings is 1. The van der Waals surface area contributed by atoms with Crippen LogP contribution in [0.3, 0.4) is 0 Å². The minimum absolute atomic E-state index is 0.0133. The molecular weight excluding hydrogens is 1100 g/mol. The molecule has 3 aromatic carbocycles. The molecule has 2 aliphatic rings. The van der Waals surface area contributed by atoms with Gasteiger partial charge in [-0.05, 0) is 64.9 Å². The SMILES string of the molecule is CO[C@@]1(NC(=O)C(C(=O)O)c2ccc(O)cc2)C(=O)N2C(C(=O)O)=C(CSc3nnnn3C)CO[C@@H]21.Cc1c(OCC(F)(F)F)ccnc1CS(=O)c1nc2ccccc2[nH]1.Nc1nnc(-c2cccc(Cl)c2Cl)c(N)n1. The summed E-state index contributed by atoms with van der Waals surface area (Å²) in [5.74, 6) is -6.45. The Balaban J connectivity index is 0.000000181. The number of nitrogens with zero attached hydrogens (tertiary/aromatic N) is 10. The molecule has 4 aromatic heterocycles. The lowest BCUT2D eigenvalue weighted by molar-refractivity contribution is -0.258. The van der Waals surface area contributed by atoms with E-state index in [0.717, 1.165) is 29.3 Å². The van der Waals surface area contributed by atoms with E-state index < -0.39 is 65.2 Å². The maximum atomic E-state index is 13.2. The van der Waals surface area contributed by atoms with Crippen LogP contribution < -0.4 is 21.5 Å². The number of aliphatic carboxylic acids is 2. The summed E-state index contributed by atoms with van der Waals surface area (Å²) in [6.45, 7) is -0.0104. The van der Waals surface area contributed by atoms with Crippen molar-refractivity contribution in [1.82, 2.24) is 60.6 Å². The van der Waals surface area contributed by atoms with E-state index in [1.807, 2.05) is 18.2 Å². The van der Waals surface area contributed by atoms with Crippen LogP contribution >= 0.6 is 35.0 Å². The Kier molecular flexibility index (Phi) is 17.6. The van der Waals surface area contributed by atoms with Crippen molar-refractivity contribution in [3.63, 3.8) is 0 Å². The number of benzene rings is 3. The third kappa shape index (κ3) is 12.8. The maximum Gasteiger partial charge on any atom is 0.422 e. The van der Waals surface area contributed by atoms with Crippen LogP contribution in [0.1, 0.15) is 22.7 Å². The summed E-state index contributed by atoms with van der Waals surface area (Å²) >= 11 is 13.0. The van der Waals surface area contributed by atoms with Crippen LogP contribution in [0.5, 0.6) is 11.5 Å². The Hall–Kier alpha value is -8.03. The Morgan fingerprint density at radius 3 is 2.40 bits per heavy atom. The van der Waals surface area contributed by atoms with E-state index in [9.17, 15) is 51.9 Å². The van der Waals surface area contributed by atoms with Crippen LogP contribution in [0, 0.1) is 6.92 Å². The molecule has 0 radical (unpaired) electrons. The van der Waals surface area contributed by atoms with E-state index in [1.165, 1.54) is 41.2 Å². The molecule has 6 heterocycles. The molecule has 0 aliphatic carbocycles. The summed E-state index contributed by atoms with van der Waals surface area (Å²) < 4.78 is 66.6. The van der Waals surface area contributed by atoms with Crippen molar-refractivity contribution < 1.29 is 66.1 Å². The zero-order chi connectivity index (χ0) is 55.9. The first-order chi connectivity index (χ1) is 36.5. The predicted octanol–water partition coefficient (Wildman–Crippen LogP) is 4.40. The summed E-state index contributed by atoms with van der Waals surface area (Å²) in [4.78, 5) is 66.1. The lowest BCUT2D eigenvalue weighted by Crippen LogP contribution is -2.82. The fraction of sp³-hybridized carbons (Fsp3) is 0.244. The number of nitrogens with one attached hydrogen (secondary N) is 2. The third-order valence-electron chi connectivity index (χ3n) is 11.1. The van der Waals surface area contributed by atoms with Gasteiger partial charge in [-0.3, -0.25) is 28.5 Å². The van der Waals surface area contributed by atoms with Gasteiger partial charge in [0.15, 0.2) is 29.7 Å². The number of aromatic amines is 1. The second-order valence-corrected chi connectivity index (χ2v) is 19.2. The molecular formula is C45H41Cl2F3N14O11S2. The van der Waals surface area contributed by atoms with Crippen molar-refractivity contribution >= 4 is 92.3 Å². The van der Waals surface area contributed by atoms with Gasteiger partial charge in [0.2, 0.25) is 17.0 Å². The monoisotopic (exact) mass is 1140 g/mol. The zero-order valence-electron chi connectivity index (χ0n) is 39.9. The molecule has 404 valence electrons. The zero-order valence-corrected chi connectivity index (χ0v) is 43.1. The highest BCUT2D eigenvalue weighted by atomic mass is 35.5. The lowest BCUT2D eigenvalue weighted by Gasteiger charge is -2.55. The number of thioether (sulfide) groups is 1. The molecule has 7 aromatic rings. The number of carboxylic acid groups (broad SMARTS) is 2. The largest absolute Gasteiger partial charge is 0.508 e. The predicted molar refractivity (Wildman–Crippen MR) is 268 cm³/mol. The minimum Gasteiger partial charge on any atom is -0.508 e. The number of tetrazole rings is 1. The number of carbonyl (C=O) groups excluding carboxylic acids is 2. The number of para-hydroxylation sites is 2. The number of hydrogen-bond donors (Lipinski definition) is 7. The average molecular weight is 1150 g/mol. The number of aryl methyl sites for hydroxylation is 1. The number of carboxylic acids is 2. The number of phenols is 1. The number of anilines is 2. The first-order valence-corrected chi connectivity index (χ1v) is 24.9. The quantitative estimate of drug-likeness (QED) is 0.0324. The van der Waals surface area contributed by atoms with Crippen LogP contribution in [0.25, 0.3) is 22.3 Å². The molecule has 25 nitrogen and oxygen atoms in total. The molecule has 9 rings (SSSR count). The summed E-state index contributed by atoms with van der Waals surface area (Å²) in [7, 11) is 1.20. The number of nitrogen functional groups attached to an aromatic ring is 2. The van der Waals surface area contributed by atoms with Gasteiger partial charge in [0.1, 0.15) is 22.9 Å². The van der Waals surface area contributed by atoms with Crippen molar-refractivity contribution in [1.29, 1.82) is 0 Å². The van der Waals surface area contributed by atoms with Gasteiger partial charge in [0, 0.05) is 37.2 Å². The Bertz CT molecular complexity index is 3400. The highest BCUT2D eigenvalue weighted by molar-refractivity contribution is 7.99. The standard InChI is InChI=1S/C20H20N6O9S.C16H14F3N3O2S.C9H7Cl2N5/c1-25-19(22-23-24-25)36-8-10-7-35-18-20(34-2,17(33)26(18)13(10)16(31)32)21-14(28)12(15(29)30)9-3-5-11(27)6-4-9;1-10-13(20-7-6-14(10)24-9-16(17,18)19)8-25(23)15-21-11-4-2-3-5-12(11)22-15;10-5-3-1-2-4(6(5)11)7-8(12)14-9(13)16-15-7/h3-6,12,18,27H,7-8H2,1-2H3,(H,21,28)(H,29,30)(H,31,32);2-7H,8-9H2,1H3,(H,21,22);1-3H,(H4,12,13,14,16)/t12?,18-,20+;;/m1../s1. The van der Waals surface area contributed by atoms with Crippen molar-refractivity contribution in [3.8, 4) is 22.8 Å². The van der Waals surface area contributed by atoms with Gasteiger partial charge in [0.25, 0.3) is 11.6 Å². The number of methoxy groups -OCH3 is 1. The van der Waals surface area contributed by atoms with Gasteiger partial charge in [-0.25, -0.2) is 14.5 Å². The van der Waals surface area contributed by atoms with E-state index in [-0.39, 0.29) is 58.2 Å². The number of phenolic OH excluding ortho intramolecular Hbond substituents is 1. The first-order valence-electron chi connectivity index (χ1n) is 21.8. The molecule has 9 N–H and O–H groups in total. The molecule has 2 aliphatic heterocycles. The minimum atomic E-state index is -4.42. The van der Waals surface area contributed by atoms with Crippen molar-refractivity contribution in [2.24, 2.45) is 7.05 Å². The van der Waals surface area contributed by atoms with Gasteiger partial charge >= 0.3 is 18.1 Å². The first kappa shape index (κ1) is 56.7. The van der Waals surface area contributed by atoms with Gasteiger partial charge in [-0.2, -0.15) is 18.2 Å². The maximum absolute atomic E-state index is 13.2. The van der Waals surface area contributed by atoms with Crippen LogP contribution in [0.4, 0.5) is 24.9 Å². The number of amides is 2. The van der Waals surface area contributed by atoms with Gasteiger partial charge in [-0.15, -0.1) is 15.3 Å². The average Bonchev–Trinajstić information content (AvgIpc) is 4.06. The van der Waals surface area contributed by atoms with E-state index in [0.29, 0.717) is 48.4 Å². The molecule has 0 saturated carbocycles. The summed E-state index contributed by atoms with van der Waals surface area (Å²) in [5.41, 5.74) is 12.1. The number of aromatic nitrogens is 10. The molecule has 0 bridgehead atoms. The highest BCUT2D eigenvalue weighted by Crippen LogP contribution is 2.42. The lowest BCUT2D eigenvalue weighted by atomic mass is 9.92. The molecule has 2 amide bonds. The smallest absolute Gasteiger partial charge is 0.422 e. The van der Waals surface area contributed by atoms with Crippen LogP contribution in [-0.2, 0) is 52.3 Å². The third-order valence-corrected chi connectivity index (χ3v) is 14.1. The summed E-state index contributed by atoms with van der Waals surface area (Å²) in [6.07, 6.45) is -4.44. The Labute approximate surface area is 448 Å². The van der Waals surface area contributed by atoms with Crippen molar-refractivity contribution in [2.75, 3.05) is 37.5 Å². The number of carbonyl (C=O) groups is 4. The van der Waals surface area contributed by atoms with Gasteiger partial charge < -0.3 is 51.3 Å². The van der Waals surface area contributed by atoms with E-state index in [2.05, 4.69) is 51.0 Å². The number of fused-ring (bicyclic) bond motifs is 2. The number of rotatable bonds is 15. The normalized spacial score (nSPS) is 16.7. The van der Waals surface area contributed by atoms with Crippen molar-refractivity contribution in [3.05, 3.63) is 117 Å². The van der Waals surface area contributed by atoms with E-state index in [4.69, 9.17) is 48.9 Å². The van der Waals surface area contributed by atoms with Gasteiger partial charge in [-0.1, -0.05) is 71.4 Å². The summed E-state index contributed by atoms with van der Waals surface area (Å²) in [6, 6.07) is 18.7. The Morgan fingerprint density at radius 2 is 1.77 bits per heavy atom. The number of halogens is 5. The second kappa shape index (κ2) is 23.9. The molecule has 0 spiro atoms. The molecule has 1 saturated heterocycles. The molecule has 1 fully saturated rings. The Morgan fingerprint density at radius 1 is 1.04 bits per heavy atom. The number of aromatic hydroxyl groups is 1. The van der Waals surface area contributed by atoms with E-state index in [1.54, 1.807) is 38.2 Å². The van der Waals surface area contributed by atoms with Crippen LogP contribution in [0.15, 0.2) is 101 Å². The fourth-order valence-corrected chi connectivity index (χ4v) is 9.69. The number of β-lactam (4-membered cyclic amide) rings is 1.